The van der Waals surface area contributed by atoms with E-state index in [2.05, 4.69) is 11.4 Å². The third kappa shape index (κ3) is 4.99. The average Bonchev–Trinajstić information content (AvgIpc) is 2.94. The van der Waals surface area contributed by atoms with Crippen molar-refractivity contribution in [2.24, 2.45) is 5.92 Å². The summed E-state index contributed by atoms with van der Waals surface area (Å²) < 4.78 is 0. The Kier molecular flexibility index (Phi) is 6.02. The fourth-order valence-corrected chi connectivity index (χ4v) is 3.97. The Bertz CT molecular complexity index is 682. The van der Waals surface area contributed by atoms with Gasteiger partial charge in [0.05, 0.1) is 5.92 Å². The molecule has 1 fully saturated rings. The average molecular weight is 381 g/mol. The van der Waals surface area contributed by atoms with Crippen molar-refractivity contribution in [1.29, 1.82) is 0 Å². The molecule has 0 radical (unpaired) electrons. The number of likely N-dealkylation sites (tertiary alicyclic amines) is 1. The Hall–Kier alpha value is -1.52. The van der Waals surface area contributed by atoms with Crippen LogP contribution in [0.2, 0.25) is 10.0 Å². The molecule has 2 aliphatic rings. The van der Waals surface area contributed by atoms with Gasteiger partial charge in [0.15, 0.2) is 0 Å². The molecular formula is C19H22Cl2N2O2. The van der Waals surface area contributed by atoms with Crippen molar-refractivity contribution in [1.82, 2.24) is 4.90 Å². The van der Waals surface area contributed by atoms with E-state index in [4.69, 9.17) is 23.2 Å². The largest absolute Gasteiger partial charge is 0.342 e. The second-order valence-corrected chi connectivity index (χ2v) is 7.62. The molecule has 1 saturated heterocycles. The topological polar surface area (TPSA) is 49.4 Å². The second-order valence-electron chi connectivity index (χ2n) is 6.75. The Labute approximate surface area is 158 Å². The normalized spacial score (nSPS) is 20.6. The van der Waals surface area contributed by atoms with Gasteiger partial charge in [-0.15, -0.1) is 0 Å². The number of anilines is 1. The van der Waals surface area contributed by atoms with E-state index in [0.29, 0.717) is 28.8 Å². The number of benzene rings is 1. The van der Waals surface area contributed by atoms with E-state index < -0.39 is 0 Å². The van der Waals surface area contributed by atoms with E-state index in [1.54, 1.807) is 18.2 Å². The summed E-state index contributed by atoms with van der Waals surface area (Å²) >= 11 is 11.9. The summed E-state index contributed by atoms with van der Waals surface area (Å²) in [7, 11) is 0. The molecule has 1 heterocycles. The lowest BCUT2D eigenvalue weighted by Gasteiger charge is -2.19. The summed E-state index contributed by atoms with van der Waals surface area (Å²) in [5, 5.41) is 3.74. The smallest absolute Gasteiger partial charge is 0.229 e. The SMILES string of the molecule is O=C(Nc1cc(Cl)cc(Cl)c1)C1CC(=O)N(CCC2=CCCCC2)C1. The molecule has 6 heteroatoms. The predicted molar refractivity (Wildman–Crippen MR) is 101 cm³/mol. The van der Waals surface area contributed by atoms with Gasteiger partial charge in [-0.05, 0) is 50.3 Å². The number of carbonyl (C=O) groups is 2. The van der Waals surface area contributed by atoms with E-state index >= 15 is 0 Å². The number of nitrogens with zero attached hydrogens (tertiary/aromatic N) is 1. The van der Waals surface area contributed by atoms with Gasteiger partial charge in [0, 0.05) is 35.2 Å². The Morgan fingerprint density at radius 1 is 1.20 bits per heavy atom. The number of hydrogen-bond acceptors (Lipinski definition) is 2. The van der Waals surface area contributed by atoms with Crippen LogP contribution < -0.4 is 5.32 Å². The fraction of sp³-hybridized carbons (Fsp3) is 0.474. The monoisotopic (exact) mass is 380 g/mol. The fourth-order valence-electron chi connectivity index (χ4n) is 3.44. The standard InChI is InChI=1S/C19H22Cl2N2O2/c20-15-9-16(21)11-17(10-15)22-19(25)14-8-18(24)23(12-14)7-6-13-4-2-1-3-5-13/h4,9-11,14H,1-3,5-8,12H2,(H,22,25). The summed E-state index contributed by atoms with van der Waals surface area (Å²) in [4.78, 5) is 26.5. The van der Waals surface area contributed by atoms with Gasteiger partial charge in [-0.25, -0.2) is 0 Å². The molecule has 25 heavy (non-hydrogen) atoms. The van der Waals surface area contributed by atoms with E-state index in [9.17, 15) is 9.59 Å². The number of halogens is 2. The number of allylic oxidation sites excluding steroid dienone is 1. The van der Waals surface area contributed by atoms with Gasteiger partial charge >= 0.3 is 0 Å². The molecule has 1 atom stereocenters. The number of rotatable bonds is 5. The molecule has 0 bridgehead atoms. The van der Waals surface area contributed by atoms with Crippen LogP contribution in [0.3, 0.4) is 0 Å². The number of hydrogen-bond donors (Lipinski definition) is 1. The molecule has 1 aliphatic carbocycles. The number of carbonyl (C=O) groups excluding carboxylic acids is 2. The first-order chi connectivity index (χ1) is 12.0. The minimum Gasteiger partial charge on any atom is -0.342 e. The lowest BCUT2D eigenvalue weighted by atomic mass is 9.97. The molecule has 2 amide bonds. The molecule has 1 unspecified atom stereocenters. The predicted octanol–water partition coefficient (Wildman–Crippen LogP) is 4.67. The third-order valence-corrected chi connectivity index (χ3v) is 5.24. The van der Waals surface area contributed by atoms with E-state index in [0.717, 1.165) is 19.3 Å². The number of amides is 2. The van der Waals surface area contributed by atoms with Crippen LogP contribution in [-0.2, 0) is 9.59 Å². The van der Waals surface area contributed by atoms with Gasteiger partial charge in [-0.2, -0.15) is 0 Å². The molecule has 0 aromatic heterocycles. The first-order valence-electron chi connectivity index (χ1n) is 8.74. The van der Waals surface area contributed by atoms with Crippen LogP contribution in [0.15, 0.2) is 29.8 Å². The summed E-state index contributed by atoms with van der Waals surface area (Å²) in [5.41, 5.74) is 2.00. The van der Waals surface area contributed by atoms with Gasteiger partial charge in [0.2, 0.25) is 11.8 Å². The minimum atomic E-state index is -0.328. The van der Waals surface area contributed by atoms with Crippen LogP contribution in [-0.4, -0.2) is 29.8 Å². The van der Waals surface area contributed by atoms with E-state index in [1.165, 1.54) is 18.4 Å². The molecular weight excluding hydrogens is 359 g/mol. The van der Waals surface area contributed by atoms with Gasteiger partial charge in [-0.3, -0.25) is 9.59 Å². The maximum atomic E-state index is 12.4. The van der Waals surface area contributed by atoms with Gasteiger partial charge in [0.25, 0.3) is 0 Å². The van der Waals surface area contributed by atoms with Crippen LogP contribution in [0.1, 0.15) is 38.5 Å². The zero-order valence-electron chi connectivity index (χ0n) is 14.1. The van der Waals surface area contributed by atoms with Gasteiger partial charge in [-0.1, -0.05) is 34.9 Å². The van der Waals surface area contributed by atoms with E-state index in [1.807, 2.05) is 4.90 Å². The Balaban J connectivity index is 1.54. The molecule has 1 aromatic carbocycles. The van der Waals surface area contributed by atoms with Crippen molar-refractivity contribution in [2.75, 3.05) is 18.4 Å². The zero-order valence-corrected chi connectivity index (χ0v) is 15.6. The summed E-state index contributed by atoms with van der Waals surface area (Å²) in [6.07, 6.45) is 8.28. The third-order valence-electron chi connectivity index (χ3n) is 4.80. The summed E-state index contributed by atoms with van der Waals surface area (Å²) in [5.74, 6) is -0.433. The minimum absolute atomic E-state index is 0.0562. The maximum Gasteiger partial charge on any atom is 0.229 e. The van der Waals surface area contributed by atoms with Gasteiger partial charge < -0.3 is 10.2 Å². The second kappa shape index (κ2) is 8.24. The molecule has 4 nitrogen and oxygen atoms in total. The Morgan fingerprint density at radius 3 is 2.64 bits per heavy atom. The Morgan fingerprint density at radius 2 is 1.96 bits per heavy atom. The van der Waals surface area contributed by atoms with Crippen LogP contribution in [0, 0.1) is 5.92 Å². The highest BCUT2D eigenvalue weighted by atomic mass is 35.5. The quantitative estimate of drug-likeness (QED) is 0.754. The zero-order chi connectivity index (χ0) is 17.8. The molecule has 1 N–H and O–H groups in total. The van der Waals surface area contributed by atoms with E-state index in [-0.39, 0.29) is 24.2 Å². The maximum absolute atomic E-state index is 12.4. The number of nitrogens with one attached hydrogen (secondary N) is 1. The van der Waals surface area contributed by atoms with Crippen molar-refractivity contribution < 1.29 is 9.59 Å². The van der Waals surface area contributed by atoms with Crippen LogP contribution >= 0.6 is 23.2 Å². The first kappa shape index (κ1) is 18.3. The molecule has 1 aliphatic heterocycles. The molecule has 3 rings (SSSR count). The molecule has 0 spiro atoms. The molecule has 0 saturated carbocycles. The summed E-state index contributed by atoms with van der Waals surface area (Å²) in [6, 6.07) is 4.91. The highest BCUT2D eigenvalue weighted by Gasteiger charge is 2.34. The lowest BCUT2D eigenvalue weighted by Crippen LogP contribution is -2.29. The highest BCUT2D eigenvalue weighted by Crippen LogP contribution is 2.26. The van der Waals surface area contributed by atoms with Gasteiger partial charge in [0.1, 0.15) is 0 Å². The van der Waals surface area contributed by atoms with Crippen LogP contribution in [0.25, 0.3) is 0 Å². The summed E-state index contributed by atoms with van der Waals surface area (Å²) in [6.45, 7) is 1.18. The first-order valence-corrected chi connectivity index (χ1v) is 9.49. The van der Waals surface area contributed by atoms with Crippen molar-refractivity contribution in [2.45, 2.75) is 38.5 Å². The molecule has 1 aromatic rings. The van der Waals surface area contributed by atoms with Crippen LogP contribution in [0.5, 0.6) is 0 Å². The van der Waals surface area contributed by atoms with Crippen molar-refractivity contribution in [3.8, 4) is 0 Å². The van der Waals surface area contributed by atoms with Crippen molar-refractivity contribution >= 4 is 40.7 Å². The lowest BCUT2D eigenvalue weighted by molar-refractivity contribution is -0.128. The van der Waals surface area contributed by atoms with Crippen LogP contribution in [0.4, 0.5) is 5.69 Å². The van der Waals surface area contributed by atoms with Crippen molar-refractivity contribution in [3.63, 3.8) is 0 Å². The molecule has 134 valence electrons. The highest BCUT2D eigenvalue weighted by molar-refractivity contribution is 6.35. The van der Waals surface area contributed by atoms with Crippen molar-refractivity contribution in [3.05, 3.63) is 39.9 Å².